The minimum Gasteiger partial charge on any atom is -0.326 e. The minimum atomic E-state index is -3.90. The molecule has 0 aromatic heterocycles. The molecule has 10 heteroatoms. The molecule has 1 amide bonds. The number of carbonyl (C=O) groups is 1. The van der Waals surface area contributed by atoms with Crippen molar-refractivity contribution >= 4 is 37.3 Å². The molecular formula is C24H25N3O5S2. The van der Waals surface area contributed by atoms with Crippen LogP contribution in [0.25, 0.3) is 0 Å². The standard InChI is InChI=1S/C24H25N3O5S2/c1-17-14-21(25-18(2)28)10-11-24(17)33(29,30)26-22-9-8-19-12-13-27(16-20(19)15-22)34(31,32)23-6-4-3-5-7-23/h3-11,14-15,26H,12-13,16H2,1-2H3,(H,25,28). The SMILES string of the molecule is CC(=O)Nc1ccc(S(=O)(=O)Nc2ccc3c(c2)CN(S(=O)(=O)c2ccccc2)CC3)c(C)c1. The lowest BCUT2D eigenvalue weighted by Gasteiger charge is -2.28. The summed E-state index contributed by atoms with van der Waals surface area (Å²) >= 11 is 0. The fraction of sp³-hybridized carbons (Fsp3) is 0.208. The van der Waals surface area contributed by atoms with Crippen molar-refractivity contribution in [2.45, 2.75) is 36.6 Å². The Kier molecular flexibility index (Phi) is 6.48. The summed E-state index contributed by atoms with van der Waals surface area (Å²) in [6.45, 7) is 3.55. The Hall–Kier alpha value is -3.21. The molecule has 3 aromatic rings. The molecule has 0 radical (unpaired) electrons. The third kappa shape index (κ3) is 4.98. The molecule has 4 rings (SSSR count). The largest absolute Gasteiger partial charge is 0.326 e. The number of aryl methyl sites for hydroxylation is 1. The molecule has 8 nitrogen and oxygen atoms in total. The smallest absolute Gasteiger partial charge is 0.262 e. The summed E-state index contributed by atoms with van der Waals surface area (Å²) in [5, 5.41) is 2.63. The van der Waals surface area contributed by atoms with Crippen LogP contribution in [0.3, 0.4) is 0 Å². The number of nitrogens with zero attached hydrogens (tertiary/aromatic N) is 1. The van der Waals surface area contributed by atoms with Gasteiger partial charge in [-0.3, -0.25) is 9.52 Å². The van der Waals surface area contributed by atoms with Crippen molar-refractivity contribution in [1.82, 2.24) is 4.31 Å². The van der Waals surface area contributed by atoms with Crippen LogP contribution in [0.5, 0.6) is 0 Å². The summed E-state index contributed by atoms with van der Waals surface area (Å²) in [6, 6.07) is 18.0. The zero-order chi connectivity index (χ0) is 24.5. The average Bonchev–Trinajstić information content (AvgIpc) is 2.78. The van der Waals surface area contributed by atoms with E-state index < -0.39 is 20.0 Å². The van der Waals surface area contributed by atoms with Crippen LogP contribution in [0.15, 0.2) is 76.5 Å². The van der Waals surface area contributed by atoms with Gasteiger partial charge in [0.05, 0.1) is 9.79 Å². The highest BCUT2D eigenvalue weighted by Gasteiger charge is 2.28. The van der Waals surface area contributed by atoms with Gasteiger partial charge in [-0.15, -0.1) is 0 Å². The monoisotopic (exact) mass is 499 g/mol. The summed E-state index contributed by atoms with van der Waals surface area (Å²) in [7, 11) is -7.54. The number of hydrogen-bond acceptors (Lipinski definition) is 5. The van der Waals surface area contributed by atoms with E-state index in [2.05, 4.69) is 10.0 Å². The fourth-order valence-electron chi connectivity index (χ4n) is 3.98. The molecule has 2 N–H and O–H groups in total. The van der Waals surface area contributed by atoms with E-state index in [1.807, 2.05) is 6.07 Å². The number of sulfonamides is 2. The van der Waals surface area contributed by atoms with Gasteiger partial charge >= 0.3 is 0 Å². The molecular weight excluding hydrogens is 474 g/mol. The first-order chi connectivity index (χ1) is 16.1. The number of nitrogens with one attached hydrogen (secondary N) is 2. The van der Waals surface area contributed by atoms with E-state index in [1.54, 1.807) is 55.5 Å². The number of amides is 1. The number of hydrogen-bond donors (Lipinski definition) is 2. The molecule has 0 saturated heterocycles. The predicted octanol–water partition coefficient (Wildman–Crippen LogP) is 3.50. The number of benzene rings is 3. The lowest BCUT2D eigenvalue weighted by Crippen LogP contribution is -2.36. The molecule has 0 spiro atoms. The summed E-state index contributed by atoms with van der Waals surface area (Å²) in [5.74, 6) is -0.245. The molecule has 34 heavy (non-hydrogen) atoms. The molecule has 0 saturated carbocycles. The Bertz CT molecular complexity index is 1450. The Labute approximate surface area is 199 Å². The highest BCUT2D eigenvalue weighted by Crippen LogP contribution is 2.29. The van der Waals surface area contributed by atoms with Gasteiger partial charge in [0.15, 0.2) is 0 Å². The second-order valence-electron chi connectivity index (χ2n) is 8.15. The maximum absolute atomic E-state index is 13.0. The van der Waals surface area contributed by atoms with Crippen molar-refractivity contribution in [1.29, 1.82) is 0 Å². The van der Waals surface area contributed by atoms with E-state index in [-0.39, 0.29) is 22.2 Å². The zero-order valence-electron chi connectivity index (χ0n) is 18.8. The van der Waals surface area contributed by atoms with Gasteiger partial charge in [0, 0.05) is 31.4 Å². The van der Waals surface area contributed by atoms with Crippen molar-refractivity contribution in [2.24, 2.45) is 0 Å². The van der Waals surface area contributed by atoms with Crippen LogP contribution in [0.2, 0.25) is 0 Å². The first-order valence-corrected chi connectivity index (χ1v) is 13.6. The van der Waals surface area contributed by atoms with E-state index in [4.69, 9.17) is 0 Å². The molecule has 1 aliphatic rings. The number of anilines is 2. The number of rotatable bonds is 6. The third-order valence-electron chi connectivity index (χ3n) is 5.60. The maximum Gasteiger partial charge on any atom is 0.262 e. The molecule has 0 bridgehead atoms. The van der Waals surface area contributed by atoms with Gasteiger partial charge in [0.25, 0.3) is 10.0 Å². The van der Waals surface area contributed by atoms with E-state index in [0.29, 0.717) is 29.9 Å². The van der Waals surface area contributed by atoms with E-state index in [9.17, 15) is 21.6 Å². The van der Waals surface area contributed by atoms with Gasteiger partial charge in [-0.05, 0) is 72.5 Å². The second-order valence-corrected chi connectivity index (χ2v) is 11.7. The fourth-order valence-corrected chi connectivity index (χ4v) is 6.70. The van der Waals surface area contributed by atoms with Gasteiger partial charge in [-0.25, -0.2) is 16.8 Å². The van der Waals surface area contributed by atoms with Crippen LogP contribution in [0.4, 0.5) is 11.4 Å². The van der Waals surface area contributed by atoms with Crippen molar-refractivity contribution in [3.63, 3.8) is 0 Å². The van der Waals surface area contributed by atoms with Gasteiger partial charge in [-0.1, -0.05) is 24.3 Å². The first kappa shape index (κ1) is 23.9. The van der Waals surface area contributed by atoms with E-state index in [1.165, 1.54) is 23.4 Å². The minimum absolute atomic E-state index is 0.0904. The Morgan fingerprint density at radius 2 is 1.59 bits per heavy atom. The molecule has 0 aliphatic carbocycles. The van der Waals surface area contributed by atoms with E-state index in [0.717, 1.165) is 11.1 Å². The Morgan fingerprint density at radius 3 is 2.26 bits per heavy atom. The number of carbonyl (C=O) groups excluding carboxylic acids is 1. The van der Waals surface area contributed by atoms with Crippen molar-refractivity contribution < 1.29 is 21.6 Å². The second kappa shape index (κ2) is 9.21. The lowest BCUT2D eigenvalue weighted by atomic mass is 10.0. The van der Waals surface area contributed by atoms with Gasteiger partial charge in [0.2, 0.25) is 15.9 Å². The lowest BCUT2D eigenvalue weighted by molar-refractivity contribution is -0.114. The van der Waals surface area contributed by atoms with Crippen LogP contribution in [-0.2, 0) is 37.8 Å². The topological polar surface area (TPSA) is 113 Å². The molecule has 0 fully saturated rings. The van der Waals surface area contributed by atoms with E-state index >= 15 is 0 Å². The highest BCUT2D eigenvalue weighted by molar-refractivity contribution is 7.92. The van der Waals surface area contributed by atoms with Crippen LogP contribution in [-0.4, -0.2) is 33.6 Å². The zero-order valence-corrected chi connectivity index (χ0v) is 20.4. The maximum atomic E-state index is 13.0. The summed E-state index contributed by atoms with van der Waals surface area (Å²) < 4.78 is 56.1. The molecule has 3 aromatic carbocycles. The quantitative estimate of drug-likeness (QED) is 0.539. The predicted molar refractivity (Wildman–Crippen MR) is 130 cm³/mol. The first-order valence-electron chi connectivity index (χ1n) is 10.6. The summed E-state index contributed by atoms with van der Waals surface area (Å²) in [6.07, 6.45) is 0.540. The number of fused-ring (bicyclic) bond motifs is 1. The molecule has 1 heterocycles. The molecule has 0 unspecified atom stereocenters. The Balaban J connectivity index is 1.57. The normalized spacial score (nSPS) is 14.3. The van der Waals surface area contributed by atoms with Crippen molar-refractivity contribution in [3.8, 4) is 0 Å². The van der Waals surface area contributed by atoms with Crippen LogP contribution in [0, 0.1) is 6.92 Å². The van der Waals surface area contributed by atoms with Gasteiger partial charge in [0.1, 0.15) is 0 Å². The highest BCUT2D eigenvalue weighted by atomic mass is 32.2. The van der Waals surface area contributed by atoms with Crippen molar-refractivity contribution in [2.75, 3.05) is 16.6 Å². The van der Waals surface area contributed by atoms with Crippen LogP contribution >= 0.6 is 0 Å². The van der Waals surface area contributed by atoms with Gasteiger partial charge in [-0.2, -0.15) is 4.31 Å². The molecule has 0 atom stereocenters. The van der Waals surface area contributed by atoms with Crippen molar-refractivity contribution in [3.05, 3.63) is 83.4 Å². The Morgan fingerprint density at radius 1 is 0.882 bits per heavy atom. The molecule has 1 aliphatic heterocycles. The summed E-state index contributed by atoms with van der Waals surface area (Å²) in [5.41, 5.74) is 3.08. The van der Waals surface area contributed by atoms with Crippen LogP contribution < -0.4 is 10.0 Å². The summed E-state index contributed by atoms with van der Waals surface area (Å²) in [4.78, 5) is 11.6. The average molecular weight is 500 g/mol. The van der Waals surface area contributed by atoms with Crippen LogP contribution in [0.1, 0.15) is 23.6 Å². The third-order valence-corrected chi connectivity index (χ3v) is 9.00. The van der Waals surface area contributed by atoms with Gasteiger partial charge < -0.3 is 5.32 Å². The molecule has 178 valence electrons.